The summed E-state index contributed by atoms with van der Waals surface area (Å²) in [6.45, 7) is 5.77. The van der Waals surface area contributed by atoms with Gasteiger partial charge < -0.3 is 10.2 Å². The van der Waals surface area contributed by atoms with E-state index in [-0.39, 0.29) is 10.6 Å². The van der Waals surface area contributed by atoms with Crippen molar-refractivity contribution in [3.8, 4) is 0 Å². The zero-order valence-corrected chi connectivity index (χ0v) is 12.5. The van der Waals surface area contributed by atoms with Gasteiger partial charge in [-0.2, -0.15) is 0 Å². The Bertz CT molecular complexity index is 717. The van der Waals surface area contributed by atoms with E-state index in [1.165, 1.54) is 11.3 Å². The second-order valence-electron chi connectivity index (χ2n) is 5.88. The molecule has 0 bridgehead atoms. The highest BCUT2D eigenvalue weighted by Gasteiger charge is 2.38. The molecule has 3 heterocycles. The van der Waals surface area contributed by atoms with E-state index in [0.717, 1.165) is 47.1 Å². The highest BCUT2D eigenvalue weighted by Crippen LogP contribution is 2.39. The van der Waals surface area contributed by atoms with E-state index >= 15 is 0 Å². The summed E-state index contributed by atoms with van der Waals surface area (Å²) in [6, 6.07) is 3.58. The molecule has 2 aliphatic rings. The number of nitro groups is 1. The molecule has 1 aromatic carbocycles. The van der Waals surface area contributed by atoms with Crippen molar-refractivity contribution >= 4 is 32.9 Å². The molecule has 0 spiro atoms. The van der Waals surface area contributed by atoms with Crippen molar-refractivity contribution in [1.82, 2.24) is 10.3 Å². The Labute approximate surface area is 125 Å². The third kappa shape index (κ3) is 2.08. The van der Waals surface area contributed by atoms with Gasteiger partial charge in [-0.05, 0) is 24.8 Å². The minimum absolute atomic E-state index is 0.207. The van der Waals surface area contributed by atoms with Crippen molar-refractivity contribution in [1.29, 1.82) is 0 Å². The highest BCUT2D eigenvalue weighted by atomic mass is 32.1. The molecule has 110 valence electrons. The van der Waals surface area contributed by atoms with Crippen molar-refractivity contribution in [2.75, 3.05) is 31.1 Å². The van der Waals surface area contributed by atoms with E-state index in [4.69, 9.17) is 0 Å². The molecule has 2 atom stereocenters. The van der Waals surface area contributed by atoms with Crippen molar-refractivity contribution in [3.63, 3.8) is 0 Å². The van der Waals surface area contributed by atoms with Crippen LogP contribution < -0.4 is 10.2 Å². The average Bonchev–Trinajstić information content (AvgIpc) is 3.07. The minimum Gasteiger partial charge on any atom is -0.365 e. The molecule has 0 saturated carbocycles. The van der Waals surface area contributed by atoms with Crippen molar-refractivity contribution in [3.05, 3.63) is 27.3 Å². The third-order valence-corrected chi connectivity index (χ3v) is 5.45. The summed E-state index contributed by atoms with van der Waals surface area (Å²) in [5.74, 6) is 1.22. The first-order chi connectivity index (χ1) is 10.1. The van der Waals surface area contributed by atoms with Gasteiger partial charge in [0.2, 0.25) is 0 Å². The quantitative estimate of drug-likeness (QED) is 0.680. The van der Waals surface area contributed by atoms with Crippen molar-refractivity contribution in [2.45, 2.75) is 6.92 Å². The van der Waals surface area contributed by atoms with E-state index < -0.39 is 0 Å². The molecule has 2 saturated heterocycles. The lowest BCUT2D eigenvalue weighted by Crippen LogP contribution is -2.26. The van der Waals surface area contributed by atoms with Gasteiger partial charge in [0.05, 0.1) is 20.1 Å². The van der Waals surface area contributed by atoms with Gasteiger partial charge >= 0.3 is 0 Å². The van der Waals surface area contributed by atoms with Gasteiger partial charge in [0.1, 0.15) is 5.69 Å². The van der Waals surface area contributed by atoms with Gasteiger partial charge in [-0.1, -0.05) is 0 Å². The molecule has 1 N–H and O–H groups in total. The molecule has 4 rings (SSSR count). The Morgan fingerprint density at radius 1 is 1.38 bits per heavy atom. The SMILES string of the molecule is Cc1nc2cc(N3CC4CNCC4C3)c([N+](=O)[O-])cc2s1. The van der Waals surface area contributed by atoms with Gasteiger partial charge in [0.15, 0.2) is 0 Å². The molecule has 0 aliphatic carbocycles. The van der Waals surface area contributed by atoms with Crippen LogP contribution in [-0.2, 0) is 0 Å². The summed E-state index contributed by atoms with van der Waals surface area (Å²) >= 11 is 1.51. The van der Waals surface area contributed by atoms with Crippen LogP contribution >= 0.6 is 11.3 Å². The number of aromatic nitrogens is 1. The number of benzene rings is 1. The summed E-state index contributed by atoms with van der Waals surface area (Å²) in [7, 11) is 0. The number of rotatable bonds is 2. The molecule has 2 aromatic rings. The highest BCUT2D eigenvalue weighted by molar-refractivity contribution is 7.18. The number of hydrogen-bond acceptors (Lipinski definition) is 6. The first-order valence-corrected chi connectivity index (χ1v) is 7.94. The van der Waals surface area contributed by atoms with Gasteiger partial charge in [-0.3, -0.25) is 10.1 Å². The normalized spacial score (nSPS) is 24.7. The summed E-state index contributed by atoms with van der Waals surface area (Å²) in [5.41, 5.74) is 1.81. The Morgan fingerprint density at radius 2 is 2.10 bits per heavy atom. The maximum absolute atomic E-state index is 11.4. The minimum atomic E-state index is -0.268. The van der Waals surface area contributed by atoms with E-state index in [0.29, 0.717) is 11.8 Å². The van der Waals surface area contributed by atoms with E-state index in [1.807, 2.05) is 13.0 Å². The molecule has 21 heavy (non-hydrogen) atoms. The average molecular weight is 304 g/mol. The van der Waals surface area contributed by atoms with E-state index in [9.17, 15) is 10.1 Å². The lowest BCUT2D eigenvalue weighted by Gasteiger charge is -2.19. The predicted molar refractivity (Wildman–Crippen MR) is 83.1 cm³/mol. The zero-order valence-electron chi connectivity index (χ0n) is 11.7. The maximum Gasteiger partial charge on any atom is 0.294 e. The van der Waals surface area contributed by atoms with Gasteiger partial charge in [0.25, 0.3) is 5.69 Å². The monoisotopic (exact) mass is 304 g/mol. The number of thiazole rings is 1. The Morgan fingerprint density at radius 3 is 2.76 bits per heavy atom. The van der Waals surface area contributed by atoms with E-state index in [2.05, 4.69) is 15.2 Å². The van der Waals surface area contributed by atoms with E-state index in [1.54, 1.807) is 6.07 Å². The van der Waals surface area contributed by atoms with Gasteiger partial charge in [0, 0.05) is 32.2 Å². The second-order valence-corrected chi connectivity index (χ2v) is 7.12. The van der Waals surface area contributed by atoms with Crippen LogP contribution in [-0.4, -0.2) is 36.1 Å². The molecule has 6 nitrogen and oxygen atoms in total. The van der Waals surface area contributed by atoms with Crippen LogP contribution in [0.4, 0.5) is 11.4 Å². The molecule has 1 aromatic heterocycles. The Kier molecular flexibility index (Phi) is 2.87. The molecule has 7 heteroatoms. The number of nitro benzene ring substituents is 1. The fraction of sp³-hybridized carbons (Fsp3) is 0.500. The summed E-state index contributed by atoms with van der Waals surface area (Å²) in [5, 5.41) is 15.8. The third-order valence-electron chi connectivity index (χ3n) is 4.52. The number of nitrogens with zero attached hydrogens (tertiary/aromatic N) is 3. The Balaban J connectivity index is 1.79. The summed E-state index contributed by atoms with van der Waals surface area (Å²) < 4.78 is 0.893. The van der Waals surface area contributed by atoms with Crippen LogP contribution in [0.2, 0.25) is 0 Å². The zero-order chi connectivity index (χ0) is 14.6. The predicted octanol–water partition coefficient (Wildman–Crippen LogP) is 2.17. The summed E-state index contributed by atoms with van der Waals surface area (Å²) in [4.78, 5) is 17.8. The van der Waals surface area contributed by atoms with Crippen LogP contribution in [0.25, 0.3) is 10.2 Å². The number of aryl methyl sites for hydroxylation is 1. The van der Waals surface area contributed by atoms with Crippen molar-refractivity contribution < 1.29 is 4.92 Å². The van der Waals surface area contributed by atoms with Crippen LogP contribution in [0, 0.1) is 28.9 Å². The van der Waals surface area contributed by atoms with Crippen LogP contribution in [0.1, 0.15) is 5.01 Å². The molecule has 2 fully saturated rings. The van der Waals surface area contributed by atoms with Gasteiger partial charge in [-0.25, -0.2) is 4.98 Å². The number of hydrogen-bond donors (Lipinski definition) is 1. The van der Waals surface area contributed by atoms with Crippen LogP contribution in [0.5, 0.6) is 0 Å². The molecule has 2 aliphatic heterocycles. The molecule has 2 unspecified atom stereocenters. The molecular weight excluding hydrogens is 288 g/mol. The second kappa shape index (κ2) is 4.64. The Hall–Kier alpha value is -1.73. The number of fused-ring (bicyclic) bond motifs is 2. The molecular formula is C14H16N4O2S. The molecule has 0 amide bonds. The number of anilines is 1. The first kappa shape index (κ1) is 13.0. The van der Waals surface area contributed by atoms with Crippen LogP contribution in [0.3, 0.4) is 0 Å². The van der Waals surface area contributed by atoms with Crippen LogP contribution in [0.15, 0.2) is 12.1 Å². The number of nitrogens with one attached hydrogen (secondary N) is 1. The van der Waals surface area contributed by atoms with Crippen molar-refractivity contribution in [2.24, 2.45) is 11.8 Å². The molecule has 0 radical (unpaired) electrons. The summed E-state index contributed by atoms with van der Waals surface area (Å²) in [6.07, 6.45) is 0. The smallest absolute Gasteiger partial charge is 0.294 e. The maximum atomic E-state index is 11.4. The largest absolute Gasteiger partial charge is 0.365 e. The fourth-order valence-corrected chi connectivity index (χ4v) is 4.36. The lowest BCUT2D eigenvalue weighted by molar-refractivity contribution is -0.384. The first-order valence-electron chi connectivity index (χ1n) is 7.13. The van der Waals surface area contributed by atoms with Gasteiger partial charge in [-0.15, -0.1) is 11.3 Å². The topological polar surface area (TPSA) is 71.3 Å². The standard InChI is InChI=1S/C14H16N4O2S/c1-8-16-11-2-12(13(18(19)20)3-14(11)21-8)17-6-9-4-15-5-10(9)7-17/h2-3,9-10,15H,4-7H2,1H3. The lowest BCUT2D eigenvalue weighted by atomic mass is 10.0. The fourth-order valence-electron chi connectivity index (χ4n) is 3.52.